The highest BCUT2D eigenvalue weighted by atomic mass is 16.6. The Balaban J connectivity index is 1.79. The molecule has 27 heavy (non-hydrogen) atoms. The number of ketones is 2. The molecule has 0 bridgehead atoms. The molecule has 7 heteroatoms. The summed E-state index contributed by atoms with van der Waals surface area (Å²) in [5.74, 6) is -1.90. The Labute approximate surface area is 155 Å². The topological polar surface area (TPSA) is 98.8 Å². The minimum absolute atomic E-state index is 0.134. The van der Waals surface area contributed by atoms with E-state index in [1.54, 1.807) is 43.3 Å². The first-order chi connectivity index (χ1) is 13.0. The van der Waals surface area contributed by atoms with Crippen molar-refractivity contribution in [2.75, 3.05) is 25.1 Å². The SMILES string of the molecule is CCOCC(=O)OCC(=O)Nc1cccc2c1C(=O)c1ccccc1C2=O. The number of hydrogen-bond acceptors (Lipinski definition) is 6. The van der Waals surface area contributed by atoms with Crippen LogP contribution in [0.1, 0.15) is 38.8 Å². The maximum Gasteiger partial charge on any atom is 0.332 e. The van der Waals surface area contributed by atoms with Gasteiger partial charge in [-0.2, -0.15) is 0 Å². The van der Waals surface area contributed by atoms with Gasteiger partial charge in [0.15, 0.2) is 18.2 Å². The molecule has 138 valence electrons. The monoisotopic (exact) mass is 367 g/mol. The van der Waals surface area contributed by atoms with Gasteiger partial charge < -0.3 is 14.8 Å². The van der Waals surface area contributed by atoms with Crippen molar-refractivity contribution in [1.29, 1.82) is 0 Å². The van der Waals surface area contributed by atoms with Crippen LogP contribution in [0.3, 0.4) is 0 Å². The quantitative estimate of drug-likeness (QED) is 0.669. The van der Waals surface area contributed by atoms with Crippen molar-refractivity contribution >= 4 is 29.1 Å². The van der Waals surface area contributed by atoms with Crippen LogP contribution in [-0.2, 0) is 19.1 Å². The third-order valence-corrected chi connectivity index (χ3v) is 4.01. The number of carbonyl (C=O) groups is 4. The first kappa shape index (κ1) is 18.5. The number of esters is 1. The molecule has 0 atom stereocenters. The maximum atomic E-state index is 12.8. The van der Waals surface area contributed by atoms with E-state index in [0.717, 1.165) is 0 Å². The van der Waals surface area contributed by atoms with Gasteiger partial charge in [-0.1, -0.05) is 36.4 Å². The van der Waals surface area contributed by atoms with Crippen LogP contribution in [-0.4, -0.2) is 43.3 Å². The Hall–Kier alpha value is -3.32. The minimum atomic E-state index is -0.665. The van der Waals surface area contributed by atoms with E-state index in [2.05, 4.69) is 5.32 Å². The number of ether oxygens (including phenoxy) is 2. The van der Waals surface area contributed by atoms with Crippen molar-refractivity contribution in [1.82, 2.24) is 0 Å². The fourth-order valence-electron chi connectivity index (χ4n) is 2.81. The molecule has 0 heterocycles. The van der Waals surface area contributed by atoms with Crippen LogP contribution in [0.25, 0.3) is 0 Å². The lowest BCUT2D eigenvalue weighted by molar-refractivity contribution is -0.151. The third kappa shape index (κ3) is 3.78. The zero-order valence-electron chi connectivity index (χ0n) is 14.6. The van der Waals surface area contributed by atoms with Gasteiger partial charge in [-0.05, 0) is 13.0 Å². The van der Waals surface area contributed by atoms with Crippen molar-refractivity contribution in [2.45, 2.75) is 6.92 Å². The van der Waals surface area contributed by atoms with Gasteiger partial charge in [0.05, 0.1) is 11.3 Å². The van der Waals surface area contributed by atoms with Crippen molar-refractivity contribution in [3.05, 3.63) is 64.7 Å². The standard InChI is InChI=1S/C20H17NO6/c1-2-26-11-17(23)27-10-16(22)21-15-9-5-8-14-18(15)20(25)13-7-4-3-6-12(13)19(14)24/h3-9H,2,10-11H2,1H3,(H,21,22). The van der Waals surface area contributed by atoms with E-state index >= 15 is 0 Å². The van der Waals surface area contributed by atoms with E-state index < -0.39 is 18.5 Å². The molecule has 0 saturated carbocycles. The van der Waals surface area contributed by atoms with E-state index in [9.17, 15) is 19.2 Å². The summed E-state index contributed by atoms with van der Waals surface area (Å²) in [6.07, 6.45) is 0. The van der Waals surface area contributed by atoms with Crippen LogP contribution in [0, 0.1) is 0 Å². The summed E-state index contributed by atoms with van der Waals surface area (Å²) >= 11 is 0. The minimum Gasteiger partial charge on any atom is -0.454 e. The van der Waals surface area contributed by atoms with Crippen molar-refractivity contribution in [2.24, 2.45) is 0 Å². The number of benzene rings is 2. The van der Waals surface area contributed by atoms with Crippen molar-refractivity contribution < 1.29 is 28.7 Å². The molecule has 0 saturated heterocycles. The molecule has 1 N–H and O–H groups in total. The fraction of sp³-hybridized carbons (Fsp3) is 0.200. The van der Waals surface area contributed by atoms with E-state index in [1.807, 2.05) is 0 Å². The van der Waals surface area contributed by atoms with Crippen molar-refractivity contribution in [3.8, 4) is 0 Å². The summed E-state index contributed by atoms with van der Waals surface area (Å²) in [5.41, 5.74) is 1.19. The first-order valence-electron chi connectivity index (χ1n) is 8.37. The molecule has 1 aliphatic rings. The second kappa shape index (κ2) is 7.92. The van der Waals surface area contributed by atoms with Crippen LogP contribution in [0.5, 0.6) is 0 Å². The molecule has 0 radical (unpaired) electrons. The van der Waals surface area contributed by atoms with E-state index in [4.69, 9.17) is 9.47 Å². The molecule has 3 rings (SSSR count). The molecule has 0 aliphatic heterocycles. The molecular weight excluding hydrogens is 350 g/mol. The molecule has 0 aromatic heterocycles. The highest BCUT2D eigenvalue weighted by Crippen LogP contribution is 2.31. The van der Waals surface area contributed by atoms with E-state index in [1.165, 1.54) is 6.07 Å². The lowest BCUT2D eigenvalue weighted by Crippen LogP contribution is -2.26. The summed E-state index contributed by atoms with van der Waals surface area (Å²) in [5, 5.41) is 2.53. The van der Waals surface area contributed by atoms with Gasteiger partial charge >= 0.3 is 5.97 Å². The number of hydrogen-bond donors (Lipinski definition) is 1. The lowest BCUT2D eigenvalue weighted by Gasteiger charge is -2.20. The van der Waals surface area contributed by atoms with Crippen LogP contribution in [0.15, 0.2) is 42.5 Å². The predicted molar refractivity (Wildman–Crippen MR) is 95.8 cm³/mol. The largest absolute Gasteiger partial charge is 0.454 e. The molecular formula is C20H17NO6. The molecule has 0 fully saturated rings. The molecule has 1 aliphatic carbocycles. The molecule has 2 aromatic carbocycles. The smallest absolute Gasteiger partial charge is 0.332 e. The van der Waals surface area contributed by atoms with Crippen LogP contribution >= 0.6 is 0 Å². The highest BCUT2D eigenvalue weighted by molar-refractivity contribution is 6.30. The molecule has 1 amide bonds. The molecule has 0 spiro atoms. The van der Waals surface area contributed by atoms with E-state index in [0.29, 0.717) is 17.7 Å². The Morgan fingerprint density at radius 1 is 0.889 bits per heavy atom. The van der Waals surface area contributed by atoms with Gasteiger partial charge in [0.1, 0.15) is 6.61 Å². The summed E-state index contributed by atoms with van der Waals surface area (Å²) in [6.45, 7) is 1.33. The molecule has 7 nitrogen and oxygen atoms in total. The summed E-state index contributed by atoms with van der Waals surface area (Å²) in [6, 6.07) is 11.2. The lowest BCUT2D eigenvalue weighted by atomic mass is 9.83. The van der Waals surface area contributed by atoms with Crippen LogP contribution < -0.4 is 5.32 Å². The zero-order chi connectivity index (χ0) is 19.4. The summed E-state index contributed by atoms with van der Waals surface area (Å²) in [7, 11) is 0. The van der Waals surface area contributed by atoms with E-state index in [-0.39, 0.29) is 35.0 Å². The summed E-state index contributed by atoms with van der Waals surface area (Å²) in [4.78, 5) is 49.0. The Morgan fingerprint density at radius 3 is 2.26 bits per heavy atom. The number of rotatable bonds is 6. The normalized spacial score (nSPS) is 12.2. The van der Waals surface area contributed by atoms with Crippen molar-refractivity contribution in [3.63, 3.8) is 0 Å². The third-order valence-electron chi connectivity index (χ3n) is 4.01. The van der Waals surface area contributed by atoms with Gasteiger partial charge in [0, 0.05) is 23.3 Å². The fourth-order valence-corrected chi connectivity index (χ4v) is 2.81. The van der Waals surface area contributed by atoms with Gasteiger partial charge in [-0.3, -0.25) is 14.4 Å². The average molecular weight is 367 g/mol. The number of amides is 1. The number of fused-ring (bicyclic) bond motifs is 2. The number of anilines is 1. The molecule has 0 unspecified atom stereocenters. The second-order valence-corrected chi connectivity index (χ2v) is 5.78. The average Bonchev–Trinajstić information content (AvgIpc) is 2.68. The second-order valence-electron chi connectivity index (χ2n) is 5.78. The Kier molecular flexibility index (Phi) is 5.42. The van der Waals surface area contributed by atoms with Gasteiger partial charge in [-0.15, -0.1) is 0 Å². The maximum absolute atomic E-state index is 12.8. The van der Waals surface area contributed by atoms with Crippen LogP contribution in [0.2, 0.25) is 0 Å². The Bertz CT molecular complexity index is 934. The van der Waals surface area contributed by atoms with Gasteiger partial charge in [0.25, 0.3) is 5.91 Å². The molecule has 2 aromatic rings. The number of carbonyl (C=O) groups excluding carboxylic acids is 4. The summed E-state index contributed by atoms with van der Waals surface area (Å²) < 4.78 is 9.69. The Morgan fingerprint density at radius 2 is 1.56 bits per heavy atom. The van der Waals surface area contributed by atoms with Crippen LogP contribution in [0.4, 0.5) is 5.69 Å². The first-order valence-corrected chi connectivity index (χ1v) is 8.37. The van der Waals surface area contributed by atoms with Gasteiger partial charge in [-0.25, -0.2) is 4.79 Å². The van der Waals surface area contributed by atoms with Gasteiger partial charge in [0.2, 0.25) is 0 Å². The highest BCUT2D eigenvalue weighted by Gasteiger charge is 2.31. The zero-order valence-corrected chi connectivity index (χ0v) is 14.6. The number of nitrogens with one attached hydrogen (secondary N) is 1. The predicted octanol–water partition coefficient (Wildman–Crippen LogP) is 1.98.